The van der Waals surface area contributed by atoms with E-state index in [-0.39, 0.29) is 5.82 Å². The summed E-state index contributed by atoms with van der Waals surface area (Å²) in [5, 5.41) is 0.664. The molecule has 1 heterocycles. The molecule has 3 aromatic rings. The maximum absolute atomic E-state index is 13.6. The van der Waals surface area contributed by atoms with Gasteiger partial charge < -0.3 is 5.84 Å². The van der Waals surface area contributed by atoms with Gasteiger partial charge in [-0.2, -0.15) is 0 Å². The van der Waals surface area contributed by atoms with Gasteiger partial charge in [0.15, 0.2) is 5.16 Å². The van der Waals surface area contributed by atoms with E-state index in [1.807, 2.05) is 36.4 Å². The minimum atomic E-state index is -0.205. The van der Waals surface area contributed by atoms with Gasteiger partial charge in [-0.15, -0.1) is 0 Å². The van der Waals surface area contributed by atoms with E-state index in [0.717, 1.165) is 11.3 Å². The lowest BCUT2D eigenvalue weighted by Gasteiger charge is -2.02. The smallest absolute Gasteiger partial charge is 0.187 e. The molecular weight excluding hydrogens is 285 g/mol. The summed E-state index contributed by atoms with van der Waals surface area (Å²) in [6, 6.07) is 16.6. The zero-order chi connectivity index (χ0) is 14.7. The standard InChI is InChI=1S/C16H14FN3S/c17-14-9-5-4-8-13(14)11-21-16-19-15(10-20(16)18)12-6-2-1-3-7-12/h1-10H,11,18H2. The molecule has 0 amide bonds. The second-order valence-electron chi connectivity index (χ2n) is 4.56. The molecule has 2 aromatic carbocycles. The number of hydrogen-bond donors (Lipinski definition) is 1. The van der Waals surface area contributed by atoms with Gasteiger partial charge in [-0.3, -0.25) is 0 Å². The Morgan fingerprint density at radius 2 is 1.76 bits per heavy atom. The molecule has 1 aromatic heterocycles. The number of nitrogens with two attached hydrogens (primary N) is 1. The number of rotatable bonds is 4. The summed E-state index contributed by atoms with van der Waals surface area (Å²) in [4.78, 5) is 4.50. The van der Waals surface area contributed by atoms with Crippen molar-refractivity contribution in [3.8, 4) is 11.3 Å². The van der Waals surface area contributed by atoms with Crippen molar-refractivity contribution < 1.29 is 4.39 Å². The first-order valence-electron chi connectivity index (χ1n) is 6.50. The molecule has 5 heteroatoms. The molecule has 0 saturated heterocycles. The predicted molar refractivity (Wildman–Crippen MR) is 83.8 cm³/mol. The van der Waals surface area contributed by atoms with Gasteiger partial charge in [0, 0.05) is 11.3 Å². The Morgan fingerprint density at radius 1 is 1.05 bits per heavy atom. The van der Waals surface area contributed by atoms with Crippen molar-refractivity contribution in [3.05, 3.63) is 72.2 Å². The average molecular weight is 299 g/mol. The highest BCUT2D eigenvalue weighted by Gasteiger charge is 2.09. The van der Waals surface area contributed by atoms with Crippen LogP contribution in [0.25, 0.3) is 11.3 Å². The Morgan fingerprint density at radius 3 is 2.52 bits per heavy atom. The minimum absolute atomic E-state index is 0.205. The molecule has 2 N–H and O–H groups in total. The molecule has 106 valence electrons. The van der Waals surface area contributed by atoms with Crippen LogP contribution in [-0.2, 0) is 5.75 Å². The highest BCUT2D eigenvalue weighted by molar-refractivity contribution is 7.98. The van der Waals surface area contributed by atoms with Gasteiger partial charge in [-0.1, -0.05) is 60.3 Å². The van der Waals surface area contributed by atoms with Crippen molar-refractivity contribution in [2.45, 2.75) is 10.9 Å². The van der Waals surface area contributed by atoms with Gasteiger partial charge in [0.2, 0.25) is 0 Å². The normalized spacial score (nSPS) is 10.7. The summed E-state index contributed by atoms with van der Waals surface area (Å²) in [5.74, 6) is 6.21. The average Bonchev–Trinajstić information content (AvgIpc) is 2.89. The van der Waals surface area contributed by atoms with Crippen molar-refractivity contribution in [2.75, 3.05) is 5.84 Å². The first kappa shape index (κ1) is 13.7. The second kappa shape index (κ2) is 6.01. The van der Waals surface area contributed by atoms with Crippen molar-refractivity contribution in [1.29, 1.82) is 0 Å². The summed E-state index contributed by atoms with van der Waals surface area (Å²) < 4.78 is 15.1. The van der Waals surface area contributed by atoms with Crippen molar-refractivity contribution in [1.82, 2.24) is 9.66 Å². The van der Waals surface area contributed by atoms with Crippen LogP contribution in [0.3, 0.4) is 0 Å². The molecule has 0 spiro atoms. The van der Waals surface area contributed by atoms with E-state index in [1.54, 1.807) is 18.3 Å². The summed E-state index contributed by atoms with van der Waals surface area (Å²) in [7, 11) is 0. The zero-order valence-corrected chi connectivity index (χ0v) is 12.1. The topological polar surface area (TPSA) is 43.8 Å². The molecule has 0 fully saturated rings. The molecule has 0 aliphatic rings. The third-order valence-corrected chi connectivity index (χ3v) is 4.10. The number of thioether (sulfide) groups is 1. The first-order chi connectivity index (χ1) is 10.2. The van der Waals surface area contributed by atoms with Crippen molar-refractivity contribution in [3.63, 3.8) is 0 Å². The number of benzene rings is 2. The highest BCUT2D eigenvalue weighted by Crippen LogP contribution is 2.25. The summed E-state index contributed by atoms with van der Waals surface area (Å²) >= 11 is 1.42. The molecule has 3 nitrogen and oxygen atoms in total. The molecule has 0 aliphatic heterocycles. The fourth-order valence-electron chi connectivity index (χ4n) is 1.99. The third-order valence-electron chi connectivity index (χ3n) is 3.08. The van der Waals surface area contributed by atoms with Crippen LogP contribution in [0.2, 0.25) is 0 Å². The van der Waals surface area contributed by atoms with Gasteiger partial charge in [-0.05, 0) is 11.6 Å². The van der Waals surface area contributed by atoms with Crippen molar-refractivity contribution in [2.24, 2.45) is 0 Å². The van der Waals surface area contributed by atoms with Gasteiger partial charge in [0.25, 0.3) is 0 Å². The third kappa shape index (κ3) is 3.08. The van der Waals surface area contributed by atoms with Crippen LogP contribution in [0.1, 0.15) is 5.56 Å². The second-order valence-corrected chi connectivity index (χ2v) is 5.50. The monoisotopic (exact) mass is 299 g/mol. The number of halogens is 1. The molecule has 0 unspecified atom stereocenters. The van der Waals surface area contributed by atoms with Gasteiger partial charge in [0.1, 0.15) is 5.82 Å². The molecule has 21 heavy (non-hydrogen) atoms. The zero-order valence-electron chi connectivity index (χ0n) is 11.2. The predicted octanol–water partition coefficient (Wildman–Crippen LogP) is 3.70. The lowest BCUT2D eigenvalue weighted by molar-refractivity contribution is 0.617. The van der Waals surface area contributed by atoms with Crippen LogP contribution in [0.15, 0.2) is 66.0 Å². The number of hydrogen-bond acceptors (Lipinski definition) is 3. The number of nitrogen functional groups attached to an aromatic ring is 1. The Hall–Kier alpha value is -2.27. The number of aromatic nitrogens is 2. The van der Waals surface area contributed by atoms with Crippen molar-refractivity contribution >= 4 is 11.8 Å². The molecule has 0 bridgehead atoms. The maximum atomic E-state index is 13.6. The maximum Gasteiger partial charge on any atom is 0.187 e. The van der Waals surface area contributed by atoms with Crippen LogP contribution < -0.4 is 5.84 Å². The lowest BCUT2D eigenvalue weighted by atomic mass is 10.2. The van der Waals surface area contributed by atoms with Gasteiger partial charge in [0.05, 0.1) is 11.9 Å². The van der Waals surface area contributed by atoms with E-state index < -0.39 is 0 Å². The molecule has 3 rings (SSSR count). The molecule has 0 atom stereocenters. The quantitative estimate of drug-likeness (QED) is 0.590. The lowest BCUT2D eigenvalue weighted by Crippen LogP contribution is -2.07. The van der Waals surface area contributed by atoms with Gasteiger partial charge in [-0.25, -0.2) is 14.1 Å². The fraction of sp³-hybridized carbons (Fsp3) is 0.0625. The summed E-state index contributed by atoms with van der Waals surface area (Å²) in [6.07, 6.45) is 1.78. The largest absolute Gasteiger partial charge is 0.337 e. The van der Waals surface area contributed by atoms with E-state index in [9.17, 15) is 4.39 Å². The Labute approximate surface area is 126 Å². The summed E-state index contributed by atoms with van der Waals surface area (Å²) in [6.45, 7) is 0. The van der Waals surface area contributed by atoms with Crippen LogP contribution in [0.4, 0.5) is 4.39 Å². The van der Waals surface area contributed by atoms with Crippen LogP contribution in [-0.4, -0.2) is 9.66 Å². The van der Waals surface area contributed by atoms with E-state index >= 15 is 0 Å². The highest BCUT2D eigenvalue weighted by atomic mass is 32.2. The summed E-state index contributed by atoms with van der Waals surface area (Å²) in [5.41, 5.74) is 2.47. The first-order valence-corrected chi connectivity index (χ1v) is 7.48. The Bertz CT molecular complexity index is 740. The molecule has 0 saturated carbocycles. The van der Waals surface area contributed by atoms with Crippen LogP contribution in [0, 0.1) is 5.82 Å². The SMILES string of the molecule is Nn1cc(-c2ccccc2)nc1SCc1ccccc1F. The Kier molecular flexibility index (Phi) is 3.92. The van der Waals surface area contributed by atoms with E-state index in [0.29, 0.717) is 16.5 Å². The number of nitrogens with zero attached hydrogens (tertiary/aromatic N) is 2. The molecular formula is C16H14FN3S. The van der Waals surface area contributed by atoms with Crippen LogP contribution in [0.5, 0.6) is 0 Å². The van der Waals surface area contributed by atoms with E-state index in [1.165, 1.54) is 22.5 Å². The van der Waals surface area contributed by atoms with E-state index in [4.69, 9.17) is 5.84 Å². The number of imidazole rings is 1. The van der Waals surface area contributed by atoms with E-state index in [2.05, 4.69) is 4.98 Å². The van der Waals surface area contributed by atoms with Crippen LogP contribution >= 0.6 is 11.8 Å². The fourth-order valence-corrected chi connectivity index (χ4v) is 2.87. The Balaban J connectivity index is 1.78. The molecule has 0 radical (unpaired) electrons. The molecule has 0 aliphatic carbocycles. The van der Waals surface area contributed by atoms with Gasteiger partial charge >= 0.3 is 0 Å². The minimum Gasteiger partial charge on any atom is -0.337 e.